The SMILES string of the molecule is c1ccc(-c2cc(-c3ccc4ccccc4c3)cc(-c3nc(-c4ccc5c(c4)oc4ccccc45)nc(-c4ccc5c(c4)oc4ccccc45)n3)c2)cc1. The number of rotatable bonds is 5. The third-order valence-electron chi connectivity index (χ3n) is 10.3. The third kappa shape index (κ3) is 5.13. The zero-order valence-corrected chi connectivity index (χ0v) is 28.9. The van der Waals surface area contributed by atoms with Gasteiger partial charge in [0, 0.05) is 38.2 Å². The second-order valence-electron chi connectivity index (χ2n) is 13.7. The number of furan rings is 2. The molecule has 0 N–H and O–H groups in total. The monoisotopic (exact) mass is 691 g/mol. The lowest BCUT2D eigenvalue weighted by molar-refractivity contribution is 0.668. The van der Waals surface area contributed by atoms with Crippen LogP contribution in [-0.4, -0.2) is 15.0 Å². The lowest BCUT2D eigenvalue weighted by Gasteiger charge is -2.13. The van der Waals surface area contributed by atoms with Crippen LogP contribution in [0.3, 0.4) is 0 Å². The molecule has 5 nitrogen and oxygen atoms in total. The minimum Gasteiger partial charge on any atom is -0.456 e. The van der Waals surface area contributed by atoms with Crippen molar-refractivity contribution in [2.45, 2.75) is 0 Å². The van der Waals surface area contributed by atoms with Gasteiger partial charge in [0.2, 0.25) is 0 Å². The number of fused-ring (bicyclic) bond motifs is 7. The predicted octanol–water partition coefficient (Wildman–Crippen LogP) is 13.2. The maximum Gasteiger partial charge on any atom is 0.164 e. The van der Waals surface area contributed by atoms with Crippen molar-refractivity contribution >= 4 is 54.6 Å². The van der Waals surface area contributed by atoms with E-state index in [2.05, 4.69) is 121 Å². The average molecular weight is 692 g/mol. The van der Waals surface area contributed by atoms with E-state index in [0.29, 0.717) is 17.5 Å². The number of nitrogens with zero attached hydrogens (tertiary/aromatic N) is 3. The van der Waals surface area contributed by atoms with E-state index in [1.54, 1.807) is 0 Å². The highest BCUT2D eigenvalue weighted by Crippen LogP contribution is 2.37. The number of hydrogen-bond donors (Lipinski definition) is 0. The second kappa shape index (κ2) is 12.1. The van der Waals surface area contributed by atoms with Crippen LogP contribution in [-0.2, 0) is 0 Å². The molecule has 3 heterocycles. The van der Waals surface area contributed by atoms with Gasteiger partial charge in [-0.05, 0) is 93.7 Å². The molecule has 0 aliphatic rings. The van der Waals surface area contributed by atoms with Gasteiger partial charge in [0.1, 0.15) is 22.3 Å². The molecule has 0 saturated carbocycles. The zero-order valence-electron chi connectivity index (χ0n) is 28.9. The fourth-order valence-corrected chi connectivity index (χ4v) is 7.58. The van der Waals surface area contributed by atoms with Crippen LogP contribution in [0.25, 0.3) is 111 Å². The molecular formula is C49H29N3O2. The summed E-state index contributed by atoms with van der Waals surface area (Å²) in [6.45, 7) is 0. The van der Waals surface area contributed by atoms with Crippen LogP contribution in [0.4, 0.5) is 0 Å². The Morgan fingerprint density at radius 2 is 0.722 bits per heavy atom. The van der Waals surface area contributed by atoms with Crippen LogP contribution >= 0.6 is 0 Å². The quantitative estimate of drug-likeness (QED) is 0.180. The van der Waals surface area contributed by atoms with Crippen LogP contribution in [0, 0.1) is 0 Å². The van der Waals surface area contributed by atoms with E-state index < -0.39 is 0 Å². The Kier molecular flexibility index (Phi) is 6.79. The van der Waals surface area contributed by atoms with Crippen LogP contribution in [0.2, 0.25) is 0 Å². The van der Waals surface area contributed by atoms with Crippen LogP contribution < -0.4 is 0 Å². The molecule has 11 rings (SSSR count). The molecule has 5 heteroatoms. The molecule has 3 aromatic heterocycles. The van der Waals surface area contributed by atoms with Gasteiger partial charge in [0.05, 0.1) is 0 Å². The lowest BCUT2D eigenvalue weighted by Crippen LogP contribution is -2.00. The summed E-state index contributed by atoms with van der Waals surface area (Å²) in [6.07, 6.45) is 0. The highest BCUT2D eigenvalue weighted by Gasteiger charge is 2.18. The fourth-order valence-electron chi connectivity index (χ4n) is 7.58. The summed E-state index contributed by atoms with van der Waals surface area (Å²) < 4.78 is 12.6. The molecule has 0 spiro atoms. The minimum absolute atomic E-state index is 0.555. The molecule has 0 aliphatic carbocycles. The first-order valence-electron chi connectivity index (χ1n) is 18.0. The lowest BCUT2D eigenvalue weighted by atomic mass is 9.94. The van der Waals surface area contributed by atoms with E-state index in [1.165, 1.54) is 10.8 Å². The molecule has 0 saturated heterocycles. The summed E-state index contributed by atoms with van der Waals surface area (Å²) in [7, 11) is 0. The molecule has 0 fully saturated rings. The van der Waals surface area contributed by atoms with Crippen molar-refractivity contribution < 1.29 is 8.83 Å². The Labute approximate surface area is 309 Å². The largest absolute Gasteiger partial charge is 0.456 e. The molecule has 8 aromatic carbocycles. The summed E-state index contributed by atoms with van der Waals surface area (Å²) >= 11 is 0. The van der Waals surface area contributed by atoms with Gasteiger partial charge in [-0.2, -0.15) is 0 Å². The Hall–Kier alpha value is -7.37. The fraction of sp³-hybridized carbons (Fsp3) is 0. The smallest absolute Gasteiger partial charge is 0.164 e. The van der Waals surface area contributed by atoms with Crippen molar-refractivity contribution in [3.05, 3.63) is 176 Å². The summed E-state index contributed by atoms with van der Waals surface area (Å²) in [4.78, 5) is 15.5. The maximum atomic E-state index is 6.30. The molecule has 0 atom stereocenters. The van der Waals surface area contributed by atoms with Crippen molar-refractivity contribution in [2.24, 2.45) is 0 Å². The first kappa shape index (κ1) is 30.3. The number of para-hydroxylation sites is 2. The Morgan fingerprint density at radius 3 is 1.35 bits per heavy atom. The highest BCUT2D eigenvalue weighted by atomic mass is 16.3. The topological polar surface area (TPSA) is 65.0 Å². The average Bonchev–Trinajstić information content (AvgIpc) is 3.81. The van der Waals surface area contributed by atoms with E-state index in [-0.39, 0.29) is 0 Å². The second-order valence-corrected chi connectivity index (χ2v) is 13.7. The molecule has 11 aromatic rings. The molecule has 54 heavy (non-hydrogen) atoms. The summed E-state index contributed by atoms with van der Waals surface area (Å²) in [5.41, 5.74) is 10.2. The van der Waals surface area contributed by atoms with Crippen LogP contribution in [0.15, 0.2) is 185 Å². The van der Waals surface area contributed by atoms with Gasteiger partial charge in [0.15, 0.2) is 17.5 Å². The van der Waals surface area contributed by atoms with E-state index >= 15 is 0 Å². The standard InChI is InChI=1S/C49H29N3O2/c1-2-10-30(11-3-1)36-25-37(33-19-18-31-12-4-5-13-32(31)24-33)27-38(26-36)49-51-47(34-20-22-41-39-14-6-8-16-43(39)53-45(41)28-34)50-48(52-49)35-21-23-42-40-15-7-9-17-44(40)54-46(42)29-35/h1-29H. The van der Waals surface area contributed by atoms with Gasteiger partial charge in [-0.25, -0.2) is 15.0 Å². The number of aromatic nitrogens is 3. The molecule has 252 valence electrons. The highest BCUT2D eigenvalue weighted by molar-refractivity contribution is 6.07. The normalized spacial score (nSPS) is 11.7. The summed E-state index contributed by atoms with van der Waals surface area (Å²) in [5, 5.41) is 6.65. The van der Waals surface area contributed by atoms with Crippen molar-refractivity contribution in [1.29, 1.82) is 0 Å². The van der Waals surface area contributed by atoms with Gasteiger partial charge in [-0.3, -0.25) is 0 Å². The van der Waals surface area contributed by atoms with Gasteiger partial charge in [-0.1, -0.05) is 115 Å². The zero-order chi connectivity index (χ0) is 35.6. The molecule has 0 radical (unpaired) electrons. The van der Waals surface area contributed by atoms with E-state index in [9.17, 15) is 0 Å². The van der Waals surface area contributed by atoms with Crippen LogP contribution in [0.5, 0.6) is 0 Å². The van der Waals surface area contributed by atoms with Gasteiger partial charge in [0.25, 0.3) is 0 Å². The van der Waals surface area contributed by atoms with E-state index in [1.807, 2.05) is 54.6 Å². The Bertz CT molecular complexity index is 3100. The third-order valence-corrected chi connectivity index (χ3v) is 10.3. The van der Waals surface area contributed by atoms with Gasteiger partial charge >= 0.3 is 0 Å². The van der Waals surface area contributed by atoms with Crippen molar-refractivity contribution in [1.82, 2.24) is 15.0 Å². The van der Waals surface area contributed by atoms with Crippen molar-refractivity contribution in [3.8, 4) is 56.4 Å². The first-order valence-corrected chi connectivity index (χ1v) is 18.0. The van der Waals surface area contributed by atoms with Crippen molar-refractivity contribution in [3.63, 3.8) is 0 Å². The first-order chi connectivity index (χ1) is 26.7. The van der Waals surface area contributed by atoms with Crippen LogP contribution in [0.1, 0.15) is 0 Å². The number of benzene rings is 8. The van der Waals surface area contributed by atoms with Gasteiger partial charge in [-0.15, -0.1) is 0 Å². The molecular weight excluding hydrogens is 663 g/mol. The minimum atomic E-state index is 0.555. The predicted molar refractivity (Wildman–Crippen MR) is 219 cm³/mol. The molecule has 0 aliphatic heterocycles. The molecule has 0 bridgehead atoms. The Balaban J connectivity index is 1.13. The van der Waals surface area contributed by atoms with E-state index in [4.69, 9.17) is 23.8 Å². The maximum absolute atomic E-state index is 6.30. The van der Waals surface area contributed by atoms with Gasteiger partial charge < -0.3 is 8.83 Å². The van der Waals surface area contributed by atoms with Crippen molar-refractivity contribution in [2.75, 3.05) is 0 Å². The van der Waals surface area contributed by atoms with E-state index in [0.717, 1.165) is 82.8 Å². The summed E-state index contributed by atoms with van der Waals surface area (Å²) in [6, 6.07) is 60.7. The molecule has 0 unspecified atom stereocenters. The summed E-state index contributed by atoms with van der Waals surface area (Å²) in [5.74, 6) is 1.68. The molecule has 0 amide bonds. The number of hydrogen-bond acceptors (Lipinski definition) is 5. The Morgan fingerprint density at radius 1 is 0.259 bits per heavy atom.